The average Bonchev–Trinajstić information content (AvgIpc) is 2.77. The molecular weight excluding hydrogens is 552 g/mol. The van der Waals surface area contributed by atoms with E-state index >= 15 is 0 Å². The van der Waals surface area contributed by atoms with Crippen molar-refractivity contribution in [1.82, 2.24) is 0 Å². The molecule has 0 spiro atoms. The number of ether oxygens (including phenoxy) is 4. The summed E-state index contributed by atoms with van der Waals surface area (Å²) in [5.74, 6) is 2.64. The van der Waals surface area contributed by atoms with E-state index in [0.717, 1.165) is 50.5 Å². The Morgan fingerprint density at radius 3 is 1.58 bits per heavy atom. The molecule has 0 radical (unpaired) electrons. The Labute approximate surface area is 212 Å². The lowest BCUT2D eigenvalue weighted by Crippen LogP contribution is -2.12. The molecular formula is C26H28Br2O5. The average molecular weight is 580 g/mol. The van der Waals surface area contributed by atoms with Gasteiger partial charge in [-0.1, -0.05) is 0 Å². The minimum absolute atomic E-state index is 0.0658. The van der Waals surface area contributed by atoms with Gasteiger partial charge in [0.15, 0.2) is 28.8 Å². The second-order valence-corrected chi connectivity index (χ2v) is 9.16. The van der Waals surface area contributed by atoms with E-state index in [0.29, 0.717) is 36.2 Å². The van der Waals surface area contributed by atoms with Crippen molar-refractivity contribution < 1.29 is 23.7 Å². The van der Waals surface area contributed by atoms with Gasteiger partial charge >= 0.3 is 0 Å². The van der Waals surface area contributed by atoms with E-state index in [2.05, 4.69) is 31.9 Å². The summed E-state index contributed by atoms with van der Waals surface area (Å²) in [5.41, 5.74) is 3.34. The number of halogens is 2. The molecule has 2 aromatic carbocycles. The van der Waals surface area contributed by atoms with E-state index in [-0.39, 0.29) is 5.78 Å². The predicted molar refractivity (Wildman–Crippen MR) is 139 cm³/mol. The van der Waals surface area contributed by atoms with Crippen LogP contribution in [0.15, 0.2) is 44.4 Å². The Bertz CT molecular complexity index is 1010. The first-order valence-electron chi connectivity index (χ1n) is 10.9. The lowest BCUT2D eigenvalue weighted by atomic mass is 9.87. The topological polar surface area (TPSA) is 54.0 Å². The molecule has 1 saturated carbocycles. The standard InChI is InChI=1S/C26H28Br2O5/c1-5-32-22-14-16(12-20(27)25(22)30-3)10-18-8-7-9-19(24(18)29)11-17-13-21(28)26(31-4)23(15-17)33-6-2/h10-15H,5-9H2,1-4H3/b18-10+,19-11+. The molecule has 0 bridgehead atoms. The molecule has 0 amide bonds. The highest BCUT2D eigenvalue weighted by atomic mass is 79.9. The van der Waals surface area contributed by atoms with Crippen molar-refractivity contribution in [2.24, 2.45) is 0 Å². The Hall–Kier alpha value is -2.25. The molecule has 0 aliphatic heterocycles. The van der Waals surface area contributed by atoms with Crippen molar-refractivity contribution in [1.29, 1.82) is 0 Å². The monoisotopic (exact) mass is 578 g/mol. The molecule has 2 aromatic rings. The van der Waals surface area contributed by atoms with Crippen molar-refractivity contribution in [2.45, 2.75) is 33.1 Å². The van der Waals surface area contributed by atoms with Gasteiger partial charge in [0.25, 0.3) is 0 Å². The molecule has 33 heavy (non-hydrogen) atoms. The number of hydrogen-bond acceptors (Lipinski definition) is 5. The van der Waals surface area contributed by atoms with Crippen molar-refractivity contribution in [3.05, 3.63) is 55.5 Å². The number of benzene rings is 2. The fourth-order valence-electron chi connectivity index (χ4n) is 3.84. The van der Waals surface area contributed by atoms with Gasteiger partial charge in [0.05, 0.1) is 36.4 Å². The van der Waals surface area contributed by atoms with Crippen molar-refractivity contribution in [3.8, 4) is 23.0 Å². The zero-order chi connectivity index (χ0) is 24.0. The van der Waals surface area contributed by atoms with Gasteiger partial charge in [-0.25, -0.2) is 0 Å². The minimum Gasteiger partial charge on any atom is -0.492 e. The highest BCUT2D eigenvalue weighted by Crippen LogP contribution is 2.39. The number of carbonyl (C=O) groups excluding carboxylic acids is 1. The number of carbonyl (C=O) groups is 1. The van der Waals surface area contributed by atoms with Gasteiger partial charge in [-0.05, 0) is 113 Å². The first-order valence-corrected chi connectivity index (χ1v) is 12.5. The van der Waals surface area contributed by atoms with Crippen molar-refractivity contribution in [2.75, 3.05) is 27.4 Å². The quantitative estimate of drug-likeness (QED) is 0.308. The van der Waals surface area contributed by atoms with E-state index in [1.54, 1.807) is 14.2 Å². The van der Waals surface area contributed by atoms with Crippen LogP contribution in [0.3, 0.4) is 0 Å². The maximum atomic E-state index is 13.3. The lowest BCUT2D eigenvalue weighted by molar-refractivity contribution is -0.112. The summed E-state index contributed by atoms with van der Waals surface area (Å²) in [7, 11) is 3.22. The first kappa shape index (κ1) is 25.4. The third-order valence-electron chi connectivity index (χ3n) is 5.23. The Morgan fingerprint density at radius 2 is 1.21 bits per heavy atom. The third-order valence-corrected chi connectivity index (χ3v) is 6.41. The molecule has 0 N–H and O–H groups in total. The molecule has 0 heterocycles. The van der Waals surface area contributed by atoms with Gasteiger partial charge in [0, 0.05) is 11.1 Å². The van der Waals surface area contributed by atoms with Gasteiger partial charge in [0.1, 0.15) is 0 Å². The van der Waals surface area contributed by atoms with Crippen LogP contribution in [0.4, 0.5) is 0 Å². The summed E-state index contributed by atoms with van der Waals surface area (Å²) in [6.07, 6.45) is 6.27. The maximum Gasteiger partial charge on any atom is 0.185 e. The number of ketones is 1. The van der Waals surface area contributed by atoms with E-state index in [9.17, 15) is 4.79 Å². The first-order chi connectivity index (χ1) is 15.9. The molecule has 1 aliphatic rings. The molecule has 0 unspecified atom stereocenters. The SMILES string of the molecule is CCOc1cc(/C=C2\CCC/C(=C\c3cc(Br)c(OC)c(OCC)c3)C2=O)cc(Br)c1OC. The van der Waals surface area contributed by atoms with Crippen LogP contribution in [0.1, 0.15) is 44.2 Å². The molecule has 0 saturated heterocycles. The highest BCUT2D eigenvalue weighted by molar-refractivity contribution is 9.11. The Kier molecular flexibility index (Phi) is 9.03. The van der Waals surface area contributed by atoms with Gasteiger partial charge in [-0.2, -0.15) is 0 Å². The van der Waals surface area contributed by atoms with Gasteiger partial charge < -0.3 is 18.9 Å². The summed E-state index contributed by atoms with van der Waals surface area (Å²) in [6, 6.07) is 7.68. The molecule has 1 aliphatic carbocycles. The number of Topliss-reactive ketones (excluding diaryl/α,β-unsaturated/α-hetero) is 1. The van der Waals surface area contributed by atoms with Crippen molar-refractivity contribution in [3.63, 3.8) is 0 Å². The number of rotatable bonds is 8. The fourth-order valence-corrected chi connectivity index (χ4v) is 5.09. The largest absolute Gasteiger partial charge is 0.492 e. The predicted octanol–water partition coefficient (Wildman–Crippen LogP) is 7.25. The fraction of sp³-hybridized carbons (Fsp3) is 0.346. The molecule has 7 heteroatoms. The zero-order valence-electron chi connectivity index (χ0n) is 19.3. The van der Waals surface area contributed by atoms with Gasteiger partial charge in [-0.3, -0.25) is 4.79 Å². The van der Waals surface area contributed by atoms with Crippen LogP contribution in [0.5, 0.6) is 23.0 Å². The maximum absolute atomic E-state index is 13.3. The summed E-state index contributed by atoms with van der Waals surface area (Å²) >= 11 is 7.09. The molecule has 3 rings (SSSR count). The van der Waals surface area contributed by atoms with E-state index in [1.165, 1.54) is 0 Å². The number of hydrogen-bond donors (Lipinski definition) is 0. The van der Waals surface area contributed by atoms with Crippen LogP contribution in [0.2, 0.25) is 0 Å². The van der Waals surface area contributed by atoms with Crippen LogP contribution < -0.4 is 18.9 Å². The molecule has 176 valence electrons. The van der Waals surface area contributed by atoms with Crippen LogP contribution in [0, 0.1) is 0 Å². The van der Waals surface area contributed by atoms with Gasteiger partial charge in [0.2, 0.25) is 0 Å². The zero-order valence-corrected chi connectivity index (χ0v) is 22.5. The number of methoxy groups -OCH3 is 2. The van der Waals surface area contributed by atoms with Crippen molar-refractivity contribution >= 4 is 49.8 Å². The highest BCUT2D eigenvalue weighted by Gasteiger charge is 2.22. The van der Waals surface area contributed by atoms with Crippen LogP contribution in [-0.2, 0) is 4.79 Å². The molecule has 0 atom stereocenters. The summed E-state index contributed by atoms with van der Waals surface area (Å²) in [4.78, 5) is 13.3. The summed E-state index contributed by atoms with van der Waals surface area (Å²) in [5, 5.41) is 0. The van der Waals surface area contributed by atoms with Crippen LogP contribution in [0.25, 0.3) is 12.2 Å². The Balaban J connectivity index is 1.95. The van der Waals surface area contributed by atoms with E-state index in [1.807, 2.05) is 50.3 Å². The second kappa shape index (κ2) is 11.7. The summed E-state index contributed by atoms with van der Waals surface area (Å²) in [6.45, 7) is 4.90. The smallest absolute Gasteiger partial charge is 0.185 e. The summed E-state index contributed by atoms with van der Waals surface area (Å²) < 4.78 is 23.9. The van der Waals surface area contributed by atoms with Crippen LogP contribution >= 0.6 is 31.9 Å². The normalized spacial score (nSPS) is 16.2. The lowest BCUT2D eigenvalue weighted by Gasteiger charge is -2.18. The molecule has 5 nitrogen and oxygen atoms in total. The van der Waals surface area contributed by atoms with E-state index < -0.39 is 0 Å². The van der Waals surface area contributed by atoms with Crippen LogP contribution in [-0.4, -0.2) is 33.2 Å². The van der Waals surface area contributed by atoms with E-state index in [4.69, 9.17) is 18.9 Å². The van der Waals surface area contributed by atoms with Gasteiger partial charge in [-0.15, -0.1) is 0 Å². The number of allylic oxidation sites excluding steroid dienone is 2. The second-order valence-electron chi connectivity index (χ2n) is 7.46. The Morgan fingerprint density at radius 1 is 0.788 bits per heavy atom. The minimum atomic E-state index is 0.0658. The molecule has 1 fully saturated rings. The molecule has 0 aromatic heterocycles. The third kappa shape index (κ3) is 6.01.